The average molecular weight is 285 g/mol. The van der Waals surface area contributed by atoms with E-state index in [2.05, 4.69) is 4.99 Å². The molecule has 2 N–H and O–H groups in total. The Labute approximate surface area is 116 Å². The summed E-state index contributed by atoms with van der Waals surface area (Å²) in [5.74, 6) is -3.41. The van der Waals surface area contributed by atoms with Gasteiger partial charge in [0.1, 0.15) is 0 Å². The van der Waals surface area contributed by atoms with Crippen molar-refractivity contribution in [3.05, 3.63) is 35.1 Å². The molecule has 0 aromatic heterocycles. The summed E-state index contributed by atoms with van der Waals surface area (Å²) >= 11 is 0. The van der Waals surface area contributed by atoms with E-state index in [9.17, 15) is 13.2 Å². The molecule has 0 unspecified atom stereocenters. The van der Waals surface area contributed by atoms with Gasteiger partial charge in [0.2, 0.25) is 0 Å². The van der Waals surface area contributed by atoms with Crippen molar-refractivity contribution < 1.29 is 13.2 Å². The molecular formula is C14H18F3N3. The highest BCUT2D eigenvalue weighted by Crippen LogP contribution is 2.44. The average Bonchev–Trinajstić information content (AvgIpc) is 3.16. The summed E-state index contributed by atoms with van der Waals surface area (Å²) in [5.41, 5.74) is 6.30. The summed E-state index contributed by atoms with van der Waals surface area (Å²) in [6, 6.07) is 1.98. The number of benzene rings is 1. The molecule has 1 saturated carbocycles. The topological polar surface area (TPSA) is 41.6 Å². The largest absolute Gasteiger partial charge is 0.370 e. The monoisotopic (exact) mass is 285 g/mol. The molecule has 1 aromatic rings. The number of aliphatic imine (C=N–C) groups is 1. The zero-order valence-electron chi connectivity index (χ0n) is 11.5. The van der Waals surface area contributed by atoms with E-state index in [0.717, 1.165) is 25.2 Å². The molecule has 0 heterocycles. The van der Waals surface area contributed by atoms with Gasteiger partial charge in [-0.3, -0.25) is 0 Å². The standard InChI is InChI=1S/C14H18F3N3/c1-3-20(4-2)14(18)19-12-7-9(12)8-5-10(15)13(17)11(16)6-8/h5-6,9,12H,3-4,7H2,1-2H3,(H2,18,19)/t9-,12+/m0/s1. The van der Waals surface area contributed by atoms with Gasteiger partial charge in [-0.2, -0.15) is 0 Å². The van der Waals surface area contributed by atoms with Gasteiger partial charge in [0.15, 0.2) is 23.4 Å². The van der Waals surface area contributed by atoms with Gasteiger partial charge < -0.3 is 10.6 Å². The van der Waals surface area contributed by atoms with Crippen LogP contribution in [0.4, 0.5) is 13.2 Å². The lowest BCUT2D eigenvalue weighted by atomic mass is 10.1. The third-order valence-electron chi connectivity index (χ3n) is 3.58. The molecule has 20 heavy (non-hydrogen) atoms. The number of nitrogens with two attached hydrogens (primary N) is 1. The number of halogens is 3. The van der Waals surface area contributed by atoms with E-state index in [4.69, 9.17) is 5.73 Å². The molecule has 0 amide bonds. The van der Waals surface area contributed by atoms with E-state index in [0.29, 0.717) is 17.9 Å². The maximum Gasteiger partial charge on any atom is 0.194 e. The molecular weight excluding hydrogens is 267 g/mol. The van der Waals surface area contributed by atoms with Gasteiger partial charge in [-0.1, -0.05) is 0 Å². The van der Waals surface area contributed by atoms with E-state index < -0.39 is 17.5 Å². The first-order valence-electron chi connectivity index (χ1n) is 6.70. The molecule has 1 aliphatic rings. The summed E-state index contributed by atoms with van der Waals surface area (Å²) in [6.07, 6.45) is 0.673. The predicted octanol–water partition coefficient (Wildman–Crippen LogP) is 2.62. The normalized spacial score (nSPS) is 21.9. The smallest absolute Gasteiger partial charge is 0.194 e. The van der Waals surface area contributed by atoms with Crippen LogP contribution in [-0.4, -0.2) is 30.0 Å². The van der Waals surface area contributed by atoms with E-state index >= 15 is 0 Å². The van der Waals surface area contributed by atoms with E-state index in [1.807, 2.05) is 18.7 Å². The van der Waals surface area contributed by atoms with Crippen molar-refractivity contribution in [1.29, 1.82) is 0 Å². The summed E-state index contributed by atoms with van der Waals surface area (Å²) in [5, 5.41) is 0. The fourth-order valence-corrected chi connectivity index (χ4v) is 2.27. The number of guanidine groups is 1. The van der Waals surface area contributed by atoms with E-state index in [-0.39, 0.29) is 12.0 Å². The van der Waals surface area contributed by atoms with Crippen LogP contribution in [0.3, 0.4) is 0 Å². The van der Waals surface area contributed by atoms with Crippen molar-refractivity contribution in [3.63, 3.8) is 0 Å². The zero-order chi connectivity index (χ0) is 14.9. The van der Waals surface area contributed by atoms with Crippen LogP contribution in [-0.2, 0) is 0 Å². The first-order chi connectivity index (χ1) is 9.47. The van der Waals surface area contributed by atoms with Crippen molar-refractivity contribution in [2.24, 2.45) is 10.7 Å². The second-order valence-corrected chi connectivity index (χ2v) is 4.87. The fraction of sp³-hybridized carbons (Fsp3) is 0.500. The van der Waals surface area contributed by atoms with Crippen LogP contribution >= 0.6 is 0 Å². The molecule has 1 fully saturated rings. The molecule has 0 aliphatic heterocycles. The molecule has 6 heteroatoms. The maximum absolute atomic E-state index is 13.2. The first kappa shape index (κ1) is 14.7. The predicted molar refractivity (Wildman–Crippen MR) is 72.0 cm³/mol. The SMILES string of the molecule is CCN(CC)C(N)=N[C@@H]1C[C@H]1c1cc(F)c(F)c(F)c1. The highest BCUT2D eigenvalue weighted by molar-refractivity contribution is 5.78. The van der Waals surface area contributed by atoms with Crippen LogP contribution in [0.5, 0.6) is 0 Å². The maximum atomic E-state index is 13.2. The van der Waals surface area contributed by atoms with Crippen molar-refractivity contribution in [1.82, 2.24) is 4.90 Å². The lowest BCUT2D eigenvalue weighted by Crippen LogP contribution is -2.37. The molecule has 2 atom stereocenters. The molecule has 0 bridgehead atoms. The van der Waals surface area contributed by atoms with Gasteiger partial charge in [0.25, 0.3) is 0 Å². The number of rotatable bonds is 4. The third kappa shape index (κ3) is 2.89. The van der Waals surface area contributed by atoms with Gasteiger partial charge in [-0.25, -0.2) is 18.2 Å². The Hall–Kier alpha value is -1.72. The lowest BCUT2D eigenvalue weighted by Gasteiger charge is -2.19. The van der Waals surface area contributed by atoms with Crippen molar-refractivity contribution in [3.8, 4) is 0 Å². The van der Waals surface area contributed by atoms with Gasteiger partial charge in [-0.05, 0) is 38.0 Å². The minimum absolute atomic E-state index is 0.0835. The molecule has 0 spiro atoms. The number of hydrogen-bond donors (Lipinski definition) is 1. The van der Waals surface area contributed by atoms with Crippen LogP contribution in [0.15, 0.2) is 17.1 Å². The second kappa shape index (κ2) is 5.73. The summed E-state index contributed by atoms with van der Waals surface area (Å²) in [7, 11) is 0. The molecule has 0 saturated heterocycles. The van der Waals surface area contributed by atoms with Crippen LogP contribution in [0.1, 0.15) is 31.7 Å². The van der Waals surface area contributed by atoms with Crippen LogP contribution < -0.4 is 5.73 Å². The molecule has 2 rings (SSSR count). The number of hydrogen-bond acceptors (Lipinski definition) is 1. The first-order valence-corrected chi connectivity index (χ1v) is 6.70. The van der Waals surface area contributed by atoms with Crippen LogP contribution in [0.25, 0.3) is 0 Å². The molecule has 110 valence electrons. The third-order valence-corrected chi connectivity index (χ3v) is 3.58. The Kier molecular flexibility index (Phi) is 4.20. The Morgan fingerprint density at radius 1 is 1.25 bits per heavy atom. The second-order valence-electron chi connectivity index (χ2n) is 4.87. The summed E-state index contributed by atoms with van der Waals surface area (Å²) in [6.45, 7) is 5.45. The Bertz CT molecular complexity index is 503. The molecule has 3 nitrogen and oxygen atoms in total. The van der Waals surface area contributed by atoms with E-state index in [1.54, 1.807) is 0 Å². The summed E-state index contributed by atoms with van der Waals surface area (Å²) < 4.78 is 39.2. The zero-order valence-corrected chi connectivity index (χ0v) is 11.5. The Morgan fingerprint density at radius 3 is 2.30 bits per heavy atom. The van der Waals surface area contributed by atoms with Crippen LogP contribution in [0.2, 0.25) is 0 Å². The molecule has 1 aliphatic carbocycles. The van der Waals surface area contributed by atoms with Gasteiger partial charge in [-0.15, -0.1) is 0 Å². The minimum atomic E-state index is -1.43. The molecule has 1 aromatic carbocycles. The van der Waals surface area contributed by atoms with Gasteiger partial charge >= 0.3 is 0 Å². The minimum Gasteiger partial charge on any atom is -0.370 e. The van der Waals surface area contributed by atoms with Crippen molar-refractivity contribution in [2.45, 2.75) is 32.2 Å². The Morgan fingerprint density at radius 2 is 1.80 bits per heavy atom. The Balaban J connectivity index is 2.10. The quantitative estimate of drug-likeness (QED) is 0.525. The highest BCUT2D eigenvalue weighted by atomic mass is 19.2. The fourth-order valence-electron chi connectivity index (χ4n) is 2.27. The van der Waals surface area contributed by atoms with Gasteiger partial charge in [0.05, 0.1) is 6.04 Å². The van der Waals surface area contributed by atoms with E-state index in [1.165, 1.54) is 0 Å². The van der Waals surface area contributed by atoms with Crippen molar-refractivity contribution >= 4 is 5.96 Å². The lowest BCUT2D eigenvalue weighted by molar-refractivity contribution is 0.445. The summed E-state index contributed by atoms with van der Waals surface area (Å²) in [4.78, 5) is 6.26. The highest BCUT2D eigenvalue weighted by Gasteiger charge is 2.39. The van der Waals surface area contributed by atoms with Crippen LogP contribution in [0, 0.1) is 17.5 Å². The molecule has 0 radical (unpaired) electrons. The number of nitrogens with zero attached hydrogens (tertiary/aromatic N) is 2. The van der Waals surface area contributed by atoms with Gasteiger partial charge in [0, 0.05) is 19.0 Å². The van der Waals surface area contributed by atoms with Crippen molar-refractivity contribution in [2.75, 3.05) is 13.1 Å².